The summed E-state index contributed by atoms with van der Waals surface area (Å²) in [6.45, 7) is 1.84. The lowest BCUT2D eigenvalue weighted by Crippen LogP contribution is -2.10. The van der Waals surface area contributed by atoms with Gasteiger partial charge in [-0.3, -0.25) is 9.59 Å². The maximum atomic E-state index is 11.8. The molecule has 25 heavy (non-hydrogen) atoms. The molecule has 0 aliphatic rings. The molecule has 0 atom stereocenters. The SMILES string of the molecule is COc1ccc(Br)cc1COC(=O)CCOc1ccc(C(C)=O)cc1. The molecule has 0 heterocycles. The molecule has 0 saturated carbocycles. The first-order chi connectivity index (χ1) is 12.0. The maximum Gasteiger partial charge on any atom is 0.309 e. The molecule has 0 aliphatic carbocycles. The highest BCUT2D eigenvalue weighted by molar-refractivity contribution is 9.10. The minimum atomic E-state index is -0.359. The number of ketones is 1. The summed E-state index contributed by atoms with van der Waals surface area (Å²) in [4.78, 5) is 23.0. The normalized spacial score (nSPS) is 10.2. The highest BCUT2D eigenvalue weighted by atomic mass is 79.9. The van der Waals surface area contributed by atoms with E-state index in [4.69, 9.17) is 14.2 Å². The van der Waals surface area contributed by atoms with E-state index in [9.17, 15) is 9.59 Å². The molecule has 0 fully saturated rings. The van der Waals surface area contributed by atoms with Crippen LogP contribution >= 0.6 is 15.9 Å². The molecular weight excluding hydrogens is 388 g/mol. The van der Waals surface area contributed by atoms with Gasteiger partial charge in [0.15, 0.2) is 5.78 Å². The number of esters is 1. The van der Waals surface area contributed by atoms with Crippen molar-refractivity contribution in [2.45, 2.75) is 20.0 Å². The zero-order valence-electron chi connectivity index (χ0n) is 14.1. The molecule has 0 aromatic heterocycles. The third-order valence-corrected chi connectivity index (χ3v) is 3.96. The summed E-state index contributed by atoms with van der Waals surface area (Å²) in [6, 6.07) is 12.3. The zero-order chi connectivity index (χ0) is 18.2. The summed E-state index contributed by atoms with van der Waals surface area (Å²) in [5, 5.41) is 0. The van der Waals surface area contributed by atoms with Crippen LogP contribution in [0.25, 0.3) is 0 Å². The van der Waals surface area contributed by atoms with Crippen LogP contribution in [0, 0.1) is 0 Å². The van der Waals surface area contributed by atoms with Crippen molar-refractivity contribution < 1.29 is 23.8 Å². The van der Waals surface area contributed by atoms with Gasteiger partial charge < -0.3 is 14.2 Å². The largest absolute Gasteiger partial charge is 0.496 e. The second kappa shape index (κ2) is 9.22. The van der Waals surface area contributed by atoms with Gasteiger partial charge in [-0.15, -0.1) is 0 Å². The van der Waals surface area contributed by atoms with E-state index >= 15 is 0 Å². The van der Waals surface area contributed by atoms with E-state index in [1.54, 1.807) is 37.4 Å². The van der Waals surface area contributed by atoms with Gasteiger partial charge in [0.25, 0.3) is 0 Å². The molecule has 0 saturated heterocycles. The van der Waals surface area contributed by atoms with Crippen molar-refractivity contribution in [2.75, 3.05) is 13.7 Å². The van der Waals surface area contributed by atoms with Gasteiger partial charge in [0.2, 0.25) is 0 Å². The van der Waals surface area contributed by atoms with E-state index in [0.29, 0.717) is 17.1 Å². The number of methoxy groups -OCH3 is 1. The number of rotatable bonds is 8. The second-order valence-corrected chi connectivity index (χ2v) is 6.21. The maximum absolute atomic E-state index is 11.8. The minimum absolute atomic E-state index is 0.00175. The van der Waals surface area contributed by atoms with Crippen molar-refractivity contribution in [3.8, 4) is 11.5 Å². The van der Waals surface area contributed by atoms with Gasteiger partial charge in [0.05, 0.1) is 20.1 Å². The number of Topliss-reactive ketones (excluding diaryl/α,β-unsaturated/α-hetero) is 1. The Morgan fingerprint density at radius 3 is 2.44 bits per heavy atom. The molecule has 2 aromatic carbocycles. The van der Waals surface area contributed by atoms with E-state index in [1.165, 1.54) is 6.92 Å². The quantitative estimate of drug-likeness (QED) is 0.486. The van der Waals surface area contributed by atoms with Gasteiger partial charge in [-0.05, 0) is 49.4 Å². The van der Waals surface area contributed by atoms with Crippen LogP contribution in [0.3, 0.4) is 0 Å². The molecule has 0 bridgehead atoms. The predicted octanol–water partition coefficient (Wildman–Crippen LogP) is 4.17. The summed E-state index contributed by atoms with van der Waals surface area (Å²) < 4.78 is 16.9. The van der Waals surface area contributed by atoms with E-state index in [-0.39, 0.29) is 31.4 Å². The number of carbonyl (C=O) groups is 2. The van der Waals surface area contributed by atoms with Crippen LogP contribution < -0.4 is 9.47 Å². The standard InChI is InChI=1S/C19H19BrO5/c1-13(21)14-3-6-17(7-4-14)24-10-9-19(22)25-12-15-11-16(20)5-8-18(15)23-2/h3-8,11H,9-10,12H2,1-2H3. The van der Waals surface area contributed by atoms with Gasteiger partial charge in [0, 0.05) is 15.6 Å². The smallest absolute Gasteiger partial charge is 0.309 e. The van der Waals surface area contributed by atoms with E-state index in [1.807, 2.05) is 12.1 Å². The molecule has 0 aliphatic heterocycles. The Kier molecular flexibility index (Phi) is 7.01. The highest BCUT2D eigenvalue weighted by Gasteiger charge is 2.09. The summed E-state index contributed by atoms with van der Waals surface area (Å²) in [6.07, 6.45) is 0.130. The molecule has 0 spiro atoms. The van der Waals surface area contributed by atoms with Crippen molar-refractivity contribution in [2.24, 2.45) is 0 Å². The first-order valence-electron chi connectivity index (χ1n) is 7.71. The molecule has 2 aromatic rings. The average molecular weight is 407 g/mol. The van der Waals surface area contributed by atoms with Gasteiger partial charge in [-0.1, -0.05) is 15.9 Å². The third-order valence-electron chi connectivity index (χ3n) is 3.47. The Balaban J connectivity index is 1.77. The van der Waals surface area contributed by atoms with Crippen molar-refractivity contribution in [3.05, 3.63) is 58.1 Å². The summed E-state index contributed by atoms with van der Waals surface area (Å²) in [5.74, 6) is 0.907. The number of hydrogen-bond donors (Lipinski definition) is 0. The first-order valence-corrected chi connectivity index (χ1v) is 8.50. The van der Waals surface area contributed by atoms with Crippen LogP contribution in [0.2, 0.25) is 0 Å². The lowest BCUT2D eigenvalue weighted by molar-refractivity contribution is -0.145. The van der Waals surface area contributed by atoms with Crippen LogP contribution in [0.5, 0.6) is 11.5 Å². The molecule has 0 N–H and O–H groups in total. The minimum Gasteiger partial charge on any atom is -0.496 e. The fraction of sp³-hybridized carbons (Fsp3) is 0.263. The van der Waals surface area contributed by atoms with Crippen LogP contribution in [0.4, 0.5) is 0 Å². The molecule has 132 valence electrons. The molecule has 0 radical (unpaired) electrons. The molecule has 0 amide bonds. The Morgan fingerprint density at radius 2 is 1.80 bits per heavy atom. The molecule has 6 heteroatoms. The average Bonchev–Trinajstić information content (AvgIpc) is 2.60. The number of halogens is 1. The van der Waals surface area contributed by atoms with Crippen molar-refractivity contribution in [1.82, 2.24) is 0 Å². The van der Waals surface area contributed by atoms with E-state index < -0.39 is 0 Å². The van der Waals surface area contributed by atoms with Gasteiger partial charge in [0.1, 0.15) is 18.1 Å². The summed E-state index contributed by atoms with van der Waals surface area (Å²) in [5.41, 5.74) is 1.40. The van der Waals surface area contributed by atoms with Crippen LogP contribution in [-0.2, 0) is 16.1 Å². The second-order valence-electron chi connectivity index (χ2n) is 5.30. The lowest BCUT2D eigenvalue weighted by Gasteiger charge is -2.10. The molecule has 5 nitrogen and oxygen atoms in total. The van der Waals surface area contributed by atoms with Crippen LogP contribution in [-0.4, -0.2) is 25.5 Å². The fourth-order valence-corrected chi connectivity index (χ4v) is 2.54. The van der Waals surface area contributed by atoms with Gasteiger partial charge in [-0.2, -0.15) is 0 Å². The monoisotopic (exact) mass is 406 g/mol. The van der Waals surface area contributed by atoms with Crippen molar-refractivity contribution >= 4 is 27.7 Å². The highest BCUT2D eigenvalue weighted by Crippen LogP contribution is 2.23. The van der Waals surface area contributed by atoms with Crippen molar-refractivity contribution in [3.63, 3.8) is 0 Å². The summed E-state index contributed by atoms with van der Waals surface area (Å²) >= 11 is 3.38. The zero-order valence-corrected chi connectivity index (χ0v) is 15.7. The Hall–Kier alpha value is -2.34. The molecule has 0 unspecified atom stereocenters. The van der Waals surface area contributed by atoms with Crippen LogP contribution in [0.1, 0.15) is 29.3 Å². The number of carbonyl (C=O) groups excluding carboxylic acids is 2. The number of hydrogen-bond acceptors (Lipinski definition) is 5. The predicted molar refractivity (Wildman–Crippen MR) is 97.0 cm³/mol. The fourth-order valence-electron chi connectivity index (χ4n) is 2.13. The number of benzene rings is 2. The lowest BCUT2D eigenvalue weighted by atomic mass is 10.1. The first kappa shape index (κ1) is 19.0. The molecular formula is C19H19BrO5. The van der Waals surface area contributed by atoms with Crippen molar-refractivity contribution in [1.29, 1.82) is 0 Å². The van der Waals surface area contributed by atoms with E-state index in [2.05, 4.69) is 15.9 Å². The van der Waals surface area contributed by atoms with Crippen LogP contribution in [0.15, 0.2) is 46.9 Å². The van der Waals surface area contributed by atoms with E-state index in [0.717, 1.165) is 10.0 Å². The molecule has 2 rings (SSSR count). The third kappa shape index (κ3) is 5.90. The number of ether oxygens (including phenoxy) is 3. The Morgan fingerprint density at radius 1 is 1.08 bits per heavy atom. The van der Waals surface area contributed by atoms with Gasteiger partial charge in [-0.25, -0.2) is 0 Å². The van der Waals surface area contributed by atoms with Gasteiger partial charge >= 0.3 is 5.97 Å². The Bertz CT molecular complexity index is 740. The summed E-state index contributed by atoms with van der Waals surface area (Å²) in [7, 11) is 1.57. The topological polar surface area (TPSA) is 61.8 Å². The Labute approximate surface area is 155 Å².